The van der Waals surface area contributed by atoms with Crippen LogP contribution in [0.3, 0.4) is 0 Å². The first-order valence-corrected chi connectivity index (χ1v) is 14.4. The van der Waals surface area contributed by atoms with Gasteiger partial charge in [-0.25, -0.2) is 14.4 Å². The molecule has 220 valence electrons. The summed E-state index contributed by atoms with van der Waals surface area (Å²) < 4.78 is 16.6. The van der Waals surface area contributed by atoms with Crippen molar-refractivity contribution in [3.63, 3.8) is 0 Å². The first kappa shape index (κ1) is 28.4. The number of fused-ring (bicyclic) bond motifs is 2. The predicted molar refractivity (Wildman–Crippen MR) is 161 cm³/mol. The summed E-state index contributed by atoms with van der Waals surface area (Å²) in [6.07, 6.45) is 4.84. The number of halogens is 1. The summed E-state index contributed by atoms with van der Waals surface area (Å²) in [6, 6.07) is 12.4. The van der Waals surface area contributed by atoms with Gasteiger partial charge in [-0.05, 0) is 73.9 Å². The maximum absolute atomic E-state index is 15.0. The molecule has 0 unspecified atom stereocenters. The van der Waals surface area contributed by atoms with E-state index in [4.69, 9.17) is 0 Å². The average Bonchev–Trinajstić information content (AvgIpc) is 3.50. The second kappa shape index (κ2) is 11.2. The number of benzene rings is 2. The summed E-state index contributed by atoms with van der Waals surface area (Å²) >= 11 is 0. The summed E-state index contributed by atoms with van der Waals surface area (Å²) in [7, 11) is 0. The van der Waals surface area contributed by atoms with Gasteiger partial charge in [0.25, 0.3) is 0 Å². The van der Waals surface area contributed by atoms with Crippen molar-refractivity contribution in [2.45, 2.75) is 59.2 Å². The number of likely N-dealkylation sites (tertiary alicyclic amines) is 1. The number of carbonyl (C=O) groups is 3. The molecule has 1 N–H and O–H groups in total. The lowest BCUT2D eigenvalue weighted by molar-refractivity contribution is -0.140. The molecule has 2 fully saturated rings. The van der Waals surface area contributed by atoms with Crippen LogP contribution in [0.25, 0.3) is 27.6 Å². The minimum atomic E-state index is -0.676. The predicted octanol–water partition coefficient (Wildman–Crippen LogP) is 4.82. The van der Waals surface area contributed by atoms with Crippen LogP contribution >= 0.6 is 0 Å². The molecule has 1 aliphatic heterocycles. The summed E-state index contributed by atoms with van der Waals surface area (Å²) in [5.41, 5.74) is 4.77. The van der Waals surface area contributed by atoms with Gasteiger partial charge in [-0.15, -0.1) is 0 Å². The largest absolute Gasteiger partial charge is 0.348 e. The highest BCUT2D eigenvalue weighted by Gasteiger charge is 2.56. The number of aryl methyl sites for hydroxylation is 2. The second-order valence-electron chi connectivity index (χ2n) is 11.5. The number of aromatic nitrogens is 4. The van der Waals surface area contributed by atoms with Crippen LogP contribution in [-0.4, -0.2) is 60.9 Å². The number of hydrogen-bond donors (Lipinski definition) is 1. The third-order valence-corrected chi connectivity index (χ3v) is 8.55. The highest BCUT2D eigenvalue weighted by Crippen LogP contribution is 2.48. The molecule has 2 amide bonds. The van der Waals surface area contributed by atoms with E-state index in [-0.39, 0.29) is 48.3 Å². The molecule has 10 heteroatoms. The summed E-state index contributed by atoms with van der Waals surface area (Å²) in [4.78, 5) is 49.6. The van der Waals surface area contributed by atoms with Crippen molar-refractivity contribution in [2.75, 3.05) is 6.54 Å². The molecule has 2 aromatic heterocycles. The number of ketones is 1. The van der Waals surface area contributed by atoms with Crippen molar-refractivity contribution in [1.82, 2.24) is 30.0 Å². The van der Waals surface area contributed by atoms with Gasteiger partial charge in [0.2, 0.25) is 11.8 Å². The van der Waals surface area contributed by atoms with Gasteiger partial charge in [-0.3, -0.25) is 19.1 Å². The summed E-state index contributed by atoms with van der Waals surface area (Å²) in [5.74, 6) is -0.340. The maximum Gasteiger partial charge on any atom is 0.245 e. The number of rotatable bonds is 8. The Labute approximate surface area is 248 Å². The third kappa shape index (κ3) is 5.45. The number of allylic oxidation sites excluding steroid dienone is 1. The Morgan fingerprint density at radius 3 is 2.47 bits per heavy atom. The number of piperidine rings is 1. The van der Waals surface area contributed by atoms with Crippen LogP contribution in [0.5, 0.6) is 0 Å². The monoisotopic (exact) mass is 580 g/mol. The van der Waals surface area contributed by atoms with Crippen LogP contribution in [0.15, 0.2) is 60.7 Å². The topological polar surface area (TPSA) is 110 Å². The Kier molecular flexibility index (Phi) is 7.37. The third-order valence-electron chi connectivity index (χ3n) is 8.55. The van der Waals surface area contributed by atoms with Crippen LogP contribution in [0.4, 0.5) is 4.39 Å². The average molecular weight is 581 g/mol. The SMILES string of the molecule is CC(=O)c1nn(CC(=O)N2[C@@H]3C[C@@H]3C[C@H]2C(=O)NC/C(F)=C(/C)c2ccccc2C)c2ccc(-c3cnc(C)nc3)cc12. The molecule has 3 heterocycles. The molecule has 0 radical (unpaired) electrons. The molecule has 1 aliphatic carbocycles. The number of nitrogens with one attached hydrogen (secondary N) is 1. The van der Waals surface area contributed by atoms with Gasteiger partial charge in [0.1, 0.15) is 29.9 Å². The second-order valence-corrected chi connectivity index (χ2v) is 11.5. The fourth-order valence-corrected chi connectivity index (χ4v) is 6.09. The van der Waals surface area contributed by atoms with E-state index < -0.39 is 11.9 Å². The molecule has 1 saturated heterocycles. The van der Waals surface area contributed by atoms with Gasteiger partial charge in [0, 0.05) is 36.3 Å². The number of Topliss-reactive ketones (excluding diaryl/α,β-unsaturated/α-hetero) is 1. The van der Waals surface area contributed by atoms with Crippen molar-refractivity contribution in [3.05, 3.63) is 83.3 Å². The minimum absolute atomic E-state index is 0.0143. The normalized spacial score (nSPS) is 19.7. The van der Waals surface area contributed by atoms with Crippen molar-refractivity contribution >= 4 is 34.1 Å². The van der Waals surface area contributed by atoms with E-state index >= 15 is 4.39 Å². The number of nitrogens with zero attached hydrogens (tertiary/aromatic N) is 5. The summed E-state index contributed by atoms with van der Waals surface area (Å²) in [6.45, 7) is 6.51. The van der Waals surface area contributed by atoms with E-state index in [1.165, 1.54) is 11.6 Å². The molecule has 9 nitrogen and oxygen atoms in total. The van der Waals surface area contributed by atoms with E-state index in [0.717, 1.165) is 28.7 Å². The van der Waals surface area contributed by atoms with Crippen LogP contribution < -0.4 is 5.32 Å². The van der Waals surface area contributed by atoms with Gasteiger partial charge >= 0.3 is 0 Å². The lowest BCUT2D eigenvalue weighted by atomic mass is 10.0. The molecule has 2 aromatic carbocycles. The summed E-state index contributed by atoms with van der Waals surface area (Å²) in [5, 5.41) is 7.85. The molecule has 1 saturated carbocycles. The first-order chi connectivity index (χ1) is 20.6. The zero-order valence-electron chi connectivity index (χ0n) is 24.6. The zero-order chi connectivity index (χ0) is 30.4. The maximum atomic E-state index is 15.0. The molecule has 43 heavy (non-hydrogen) atoms. The van der Waals surface area contributed by atoms with Crippen LogP contribution in [0, 0.1) is 19.8 Å². The van der Waals surface area contributed by atoms with Gasteiger partial charge in [-0.2, -0.15) is 5.10 Å². The van der Waals surface area contributed by atoms with Gasteiger partial charge in [-0.1, -0.05) is 30.3 Å². The van der Waals surface area contributed by atoms with Crippen molar-refractivity contribution in [2.24, 2.45) is 5.92 Å². The smallest absolute Gasteiger partial charge is 0.245 e. The lowest BCUT2D eigenvalue weighted by Gasteiger charge is -2.27. The fraction of sp³-hybridized carbons (Fsp3) is 0.333. The quantitative estimate of drug-likeness (QED) is 0.299. The standard InChI is InChI=1S/C33H33FN6O3/c1-18-7-5-6-8-25(18)19(2)27(34)16-37-33(43)30-13-23-12-29(23)40(30)31(42)17-39-28-10-9-22(24-14-35-21(4)36-15-24)11-26(28)32(38-39)20(3)41/h5-11,14-15,23,29-30H,12-13,16-17H2,1-4H3,(H,37,43)/b27-19+/t23-,29-,30+/m1/s1. The highest BCUT2D eigenvalue weighted by molar-refractivity contribution is 6.06. The number of carbonyl (C=O) groups excluding carboxylic acids is 3. The molecular weight excluding hydrogens is 547 g/mol. The van der Waals surface area contributed by atoms with Gasteiger partial charge < -0.3 is 10.2 Å². The van der Waals surface area contributed by atoms with Gasteiger partial charge in [0.15, 0.2) is 5.78 Å². The van der Waals surface area contributed by atoms with E-state index in [1.54, 1.807) is 24.2 Å². The highest BCUT2D eigenvalue weighted by atomic mass is 19.1. The fourth-order valence-electron chi connectivity index (χ4n) is 6.09. The first-order valence-electron chi connectivity index (χ1n) is 14.4. The number of hydrogen-bond acceptors (Lipinski definition) is 6. The molecule has 2 aliphatic rings. The molecule has 6 rings (SSSR count). The molecular formula is C33H33FN6O3. The Balaban J connectivity index is 1.20. The zero-order valence-corrected chi connectivity index (χ0v) is 24.6. The van der Waals surface area contributed by atoms with Crippen LogP contribution in [0.1, 0.15) is 54.1 Å². The van der Waals surface area contributed by atoms with E-state index in [1.807, 2.05) is 56.3 Å². The van der Waals surface area contributed by atoms with Crippen molar-refractivity contribution in [1.29, 1.82) is 0 Å². The van der Waals surface area contributed by atoms with E-state index in [0.29, 0.717) is 28.7 Å². The van der Waals surface area contributed by atoms with Crippen molar-refractivity contribution in [3.8, 4) is 11.1 Å². The van der Waals surface area contributed by atoms with Crippen LogP contribution in [-0.2, 0) is 16.1 Å². The van der Waals surface area contributed by atoms with Crippen LogP contribution in [0.2, 0.25) is 0 Å². The lowest BCUT2D eigenvalue weighted by Crippen LogP contribution is -2.49. The molecule has 3 atom stereocenters. The molecule has 4 aromatic rings. The Morgan fingerprint density at radius 1 is 1.00 bits per heavy atom. The van der Waals surface area contributed by atoms with Gasteiger partial charge in [0.05, 0.1) is 12.1 Å². The van der Waals surface area contributed by atoms with E-state index in [9.17, 15) is 14.4 Å². The molecule has 0 bridgehead atoms. The molecule has 0 spiro atoms. The Morgan fingerprint density at radius 2 is 1.74 bits per heavy atom. The Bertz CT molecular complexity index is 1790. The van der Waals surface area contributed by atoms with E-state index in [2.05, 4.69) is 20.4 Å². The Hall–Kier alpha value is -4.73. The van der Waals surface area contributed by atoms with Crippen molar-refractivity contribution < 1.29 is 18.8 Å². The minimum Gasteiger partial charge on any atom is -0.348 e. The number of amides is 2.